The van der Waals surface area contributed by atoms with Crippen LogP contribution in [0.15, 0.2) is 24.3 Å². The van der Waals surface area contributed by atoms with Gasteiger partial charge in [-0.2, -0.15) is 0 Å². The number of aromatic nitrogens is 2. The van der Waals surface area contributed by atoms with Crippen molar-refractivity contribution in [3.8, 4) is 11.4 Å². The lowest BCUT2D eigenvalue weighted by Gasteiger charge is -2.56. The second kappa shape index (κ2) is 4.58. The van der Waals surface area contributed by atoms with E-state index in [1.54, 1.807) is 0 Å². The van der Waals surface area contributed by atoms with Crippen molar-refractivity contribution < 1.29 is 0 Å². The zero-order valence-corrected chi connectivity index (χ0v) is 16.3. The van der Waals surface area contributed by atoms with Crippen LogP contribution in [0.5, 0.6) is 0 Å². The van der Waals surface area contributed by atoms with Crippen LogP contribution < -0.4 is 0 Å². The van der Waals surface area contributed by atoms with Crippen LogP contribution in [0.1, 0.15) is 74.9 Å². The van der Waals surface area contributed by atoms with Gasteiger partial charge < -0.3 is 0 Å². The summed E-state index contributed by atoms with van der Waals surface area (Å²) >= 11 is 0. The average molecular weight is 345 g/mol. The summed E-state index contributed by atoms with van der Waals surface area (Å²) in [4.78, 5) is 10.3. The standard InChI is InChI=1S/C24H28N2/c1-23(2)15-9-13-5-7-19(25-21(13)17(23)11-15)20-8-6-14-10-16-12-18(22(14)26-20)24(16,3)4/h5-8,15-18H,9-12H2,1-4H3/t15-,16-,17-,18-/m0/s1. The van der Waals surface area contributed by atoms with E-state index >= 15 is 0 Å². The molecule has 6 aliphatic rings. The molecule has 134 valence electrons. The molecule has 6 aliphatic carbocycles. The van der Waals surface area contributed by atoms with E-state index in [2.05, 4.69) is 52.0 Å². The number of nitrogens with zero attached hydrogens (tertiary/aromatic N) is 2. The van der Waals surface area contributed by atoms with Gasteiger partial charge in [-0.05, 0) is 71.6 Å². The molecule has 0 radical (unpaired) electrons. The SMILES string of the molecule is CC1(C)[C@H]2Cc3ccc(-c4ccc5c(n4)[C@@H]4C[C@H](C5)C4(C)C)nc3[C@@H]1C2. The van der Waals surface area contributed by atoms with Crippen molar-refractivity contribution in [2.45, 2.75) is 65.2 Å². The first-order valence-electron chi connectivity index (χ1n) is 10.4. The molecule has 2 aromatic heterocycles. The van der Waals surface area contributed by atoms with Crippen LogP contribution in [0.3, 0.4) is 0 Å². The molecule has 0 N–H and O–H groups in total. The maximum atomic E-state index is 5.16. The Morgan fingerprint density at radius 1 is 0.692 bits per heavy atom. The van der Waals surface area contributed by atoms with Gasteiger partial charge in [0, 0.05) is 23.2 Å². The summed E-state index contributed by atoms with van der Waals surface area (Å²) in [6.45, 7) is 9.70. The summed E-state index contributed by atoms with van der Waals surface area (Å²) in [6, 6.07) is 9.08. The van der Waals surface area contributed by atoms with E-state index in [1.807, 2.05) is 0 Å². The number of rotatable bonds is 1. The first-order chi connectivity index (χ1) is 12.4. The Morgan fingerprint density at radius 2 is 1.12 bits per heavy atom. The third-order valence-electron chi connectivity index (χ3n) is 8.82. The predicted octanol–water partition coefficient (Wildman–Crippen LogP) is 5.52. The molecule has 2 fully saturated rings. The Hall–Kier alpha value is -1.70. The molecule has 8 rings (SSSR count). The third kappa shape index (κ3) is 1.74. The Balaban J connectivity index is 1.42. The highest BCUT2D eigenvalue weighted by atomic mass is 14.8. The molecule has 0 unspecified atom stereocenters. The minimum absolute atomic E-state index is 0.423. The number of pyridine rings is 2. The second-order valence-electron chi connectivity index (χ2n) is 10.5. The molecule has 0 amide bonds. The molecule has 0 saturated heterocycles. The Bertz CT molecular complexity index is 862. The quantitative estimate of drug-likeness (QED) is 0.681. The lowest BCUT2D eigenvalue weighted by Crippen LogP contribution is -2.48. The summed E-state index contributed by atoms with van der Waals surface area (Å²) in [5, 5.41) is 0. The van der Waals surface area contributed by atoms with Gasteiger partial charge >= 0.3 is 0 Å². The summed E-state index contributed by atoms with van der Waals surface area (Å²) in [7, 11) is 0. The zero-order chi connectivity index (χ0) is 17.8. The van der Waals surface area contributed by atoms with Gasteiger partial charge in [0.1, 0.15) is 0 Å². The van der Waals surface area contributed by atoms with Crippen LogP contribution in [0.2, 0.25) is 0 Å². The van der Waals surface area contributed by atoms with Gasteiger partial charge in [0.05, 0.1) is 11.4 Å². The smallest absolute Gasteiger partial charge is 0.0889 e. The van der Waals surface area contributed by atoms with Gasteiger partial charge in [0.25, 0.3) is 0 Å². The van der Waals surface area contributed by atoms with Crippen LogP contribution in [-0.4, -0.2) is 9.97 Å². The van der Waals surface area contributed by atoms with Crippen molar-refractivity contribution in [1.29, 1.82) is 0 Å². The van der Waals surface area contributed by atoms with E-state index in [4.69, 9.17) is 9.97 Å². The van der Waals surface area contributed by atoms with Gasteiger partial charge in [0.15, 0.2) is 0 Å². The number of hydrogen-bond acceptors (Lipinski definition) is 2. The van der Waals surface area contributed by atoms with E-state index in [0.717, 1.165) is 23.2 Å². The molecule has 2 saturated carbocycles. The average Bonchev–Trinajstić information content (AvgIpc) is 2.65. The van der Waals surface area contributed by atoms with Gasteiger partial charge in [0.2, 0.25) is 0 Å². The monoisotopic (exact) mass is 344 g/mol. The normalized spacial score (nSPS) is 34.2. The summed E-state index contributed by atoms with van der Waals surface area (Å²) in [6.07, 6.45) is 5.07. The molecule has 0 spiro atoms. The highest BCUT2D eigenvalue weighted by Gasteiger charge is 2.54. The lowest BCUT2D eigenvalue weighted by molar-refractivity contribution is 0.0153. The van der Waals surface area contributed by atoms with Crippen molar-refractivity contribution in [3.05, 3.63) is 46.8 Å². The molecule has 2 nitrogen and oxygen atoms in total. The Kier molecular flexibility index (Phi) is 2.71. The van der Waals surface area contributed by atoms with E-state index in [0.29, 0.717) is 22.7 Å². The van der Waals surface area contributed by atoms with Crippen LogP contribution in [-0.2, 0) is 12.8 Å². The minimum Gasteiger partial charge on any atom is -0.251 e. The van der Waals surface area contributed by atoms with Crippen molar-refractivity contribution >= 4 is 0 Å². The van der Waals surface area contributed by atoms with Gasteiger partial charge in [-0.3, -0.25) is 9.97 Å². The Labute approximate surface area is 156 Å². The van der Waals surface area contributed by atoms with Crippen LogP contribution >= 0.6 is 0 Å². The summed E-state index contributed by atoms with van der Waals surface area (Å²) < 4.78 is 0. The summed E-state index contributed by atoms with van der Waals surface area (Å²) in [5.41, 5.74) is 8.68. The molecule has 0 aliphatic heterocycles. The van der Waals surface area contributed by atoms with Crippen molar-refractivity contribution in [3.63, 3.8) is 0 Å². The highest BCUT2D eigenvalue weighted by Crippen LogP contribution is 2.62. The van der Waals surface area contributed by atoms with E-state index in [9.17, 15) is 0 Å². The second-order valence-corrected chi connectivity index (χ2v) is 10.5. The predicted molar refractivity (Wildman–Crippen MR) is 104 cm³/mol. The van der Waals surface area contributed by atoms with Crippen LogP contribution in [0.25, 0.3) is 11.4 Å². The molecular weight excluding hydrogens is 316 g/mol. The van der Waals surface area contributed by atoms with Crippen molar-refractivity contribution in [1.82, 2.24) is 9.97 Å². The first kappa shape index (κ1) is 15.4. The van der Waals surface area contributed by atoms with E-state index < -0.39 is 0 Å². The van der Waals surface area contributed by atoms with Crippen molar-refractivity contribution in [2.75, 3.05) is 0 Å². The molecule has 4 atom stereocenters. The summed E-state index contributed by atoms with van der Waals surface area (Å²) in [5.74, 6) is 2.98. The number of hydrogen-bond donors (Lipinski definition) is 0. The maximum absolute atomic E-state index is 5.16. The lowest BCUT2D eigenvalue weighted by atomic mass is 9.48. The van der Waals surface area contributed by atoms with Gasteiger partial charge in [-0.1, -0.05) is 39.8 Å². The molecule has 4 bridgehead atoms. The van der Waals surface area contributed by atoms with E-state index in [-0.39, 0.29) is 0 Å². The fourth-order valence-corrected chi connectivity index (χ4v) is 6.43. The van der Waals surface area contributed by atoms with Gasteiger partial charge in [-0.25, -0.2) is 0 Å². The first-order valence-corrected chi connectivity index (χ1v) is 10.4. The zero-order valence-electron chi connectivity index (χ0n) is 16.3. The van der Waals surface area contributed by atoms with E-state index in [1.165, 1.54) is 48.2 Å². The van der Waals surface area contributed by atoms with Crippen LogP contribution in [0.4, 0.5) is 0 Å². The fraction of sp³-hybridized carbons (Fsp3) is 0.583. The van der Waals surface area contributed by atoms with Crippen molar-refractivity contribution in [2.24, 2.45) is 22.7 Å². The topological polar surface area (TPSA) is 25.8 Å². The fourth-order valence-electron chi connectivity index (χ4n) is 6.43. The van der Waals surface area contributed by atoms with Gasteiger partial charge in [-0.15, -0.1) is 0 Å². The highest BCUT2D eigenvalue weighted by molar-refractivity contribution is 5.58. The molecule has 2 heterocycles. The molecule has 2 heteroatoms. The molecule has 26 heavy (non-hydrogen) atoms. The Morgan fingerprint density at radius 3 is 1.50 bits per heavy atom. The van der Waals surface area contributed by atoms with Crippen LogP contribution in [0, 0.1) is 22.7 Å². The largest absolute Gasteiger partial charge is 0.251 e. The molecular formula is C24H28N2. The molecule has 2 aromatic rings. The molecule has 0 aromatic carbocycles. The maximum Gasteiger partial charge on any atom is 0.0889 e. The minimum atomic E-state index is 0.423. The third-order valence-corrected chi connectivity index (χ3v) is 8.82.